The summed E-state index contributed by atoms with van der Waals surface area (Å²) in [7, 11) is 1.38. The summed E-state index contributed by atoms with van der Waals surface area (Å²) in [4.78, 5) is 27.7. The minimum Gasteiger partial charge on any atom is -0.477 e. The first-order valence-electron chi connectivity index (χ1n) is 8.39. The Morgan fingerprint density at radius 2 is 1.33 bits per heavy atom. The molecule has 0 atom stereocenters. The van der Waals surface area contributed by atoms with E-state index in [2.05, 4.69) is 14.7 Å². The van der Waals surface area contributed by atoms with E-state index in [1.807, 2.05) is 56.3 Å². The summed E-state index contributed by atoms with van der Waals surface area (Å²) in [6.07, 6.45) is 0. The maximum Gasteiger partial charge on any atom is 0.354 e. The highest BCUT2D eigenvalue weighted by Gasteiger charge is 2.10. The molecule has 0 radical (unpaired) electrons. The van der Waals surface area contributed by atoms with E-state index in [9.17, 15) is 9.59 Å². The van der Waals surface area contributed by atoms with Crippen molar-refractivity contribution in [3.8, 4) is 0 Å². The number of aryl methyl sites for hydroxylation is 2. The summed E-state index contributed by atoms with van der Waals surface area (Å²) >= 11 is 0. The van der Waals surface area contributed by atoms with E-state index in [1.165, 1.54) is 7.11 Å². The van der Waals surface area contributed by atoms with Gasteiger partial charge in [0.2, 0.25) is 0 Å². The minimum absolute atomic E-state index is 0.240. The Morgan fingerprint density at radius 1 is 0.852 bits per heavy atom. The Bertz CT molecular complexity index is 1140. The van der Waals surface area contributed by atoms with Crippen LogP contribution in [0.2, 0.25) is 0 Å². The van der Waals surface area contributed by atoms with Crippen LogP contribution < -0.4 is 0 Å². The molecule has 138 valence electrons. The monoisotopic (exact) mass is 364 g/mol. The molecule has 0 bridgehead atoms. The molecule has 2 heterocycles. The number of aromatic carboxylic acids is 1. The lowest BCUT2D eigenvalue weighted by molar-refractivity contribution is 0.0594. The van der Waals surface area contributed by atoms with E-state index in [-0.39, 0.29) is 11.7 Å². The predicted molar refractivity (Wildman–Crippen MR) is 104 cm³/mol. The van der Waals surface area contributed by atoms with Gasteiger partial charge in [-0.05, 0) is 49.2 Å². The van der Waals surface area contributed by atoms with E-state index >= 15 is 0 Å². The Hall–Kier alpha value is -3.54. The molecule has 0 aliphatic heterocycles. The zero-order valence-electron chi connectivity index (χ0n) is 15.3. The number of methoxy groups -OCH3 is 1. The summed E-state index contributed by atoms with van der Waals surface area (Å²) in [5, 5.41) is 10.8. The summed E-state index contributed by atoms with van der Waals surface area (Å²) in [5.74, 6) is -1.25. The van der Waals surface area contributed by atoms with Gasteiger partial charge in [0.05, 0.1) is 7.11 Å². The van der Waals surface area contributed by atoms with Crippen molar-refractivity contribution in [2.45, 2.75) is 13.8 Å². The normalized spacial score (nSPS) is 10.5. The lowest BCUT2D eigenvalue weighted by Crippen LogP contribution is -2.00. The van der Waals surface area contributed by atoms with E-state index < -0.39 is 5.97 Å². The van der Waals surface area contributed by atoms with E-state index in [0.717, 1.165) is 32.9 Å². The molecule has 4 aromatic rings. The van der Waals surface area contributed by atoms with E-state index in [1.54, 1.807) is 6.07 Å². The zero-order valence-corrected chi connectivity index (χ0v) is 15.3. The number of hydrogen-bond acceptors (Lipinski definition) is 3. The van der Waals surface area contributed by atoms with Crippen LogP contribution in [0.1, 0.15) is 32.1 Å². The molecule has 0 fully saturated rings. The number of aromatic amines is 2. The average Bonchev–Trinajstić information content (AvgIpc) is 3.27. The standard InChI is InChI=1S/C11H11NO2.C10H9NO2/c1-7-4-3-5-9-8(7)6-10(12-9)11(13)14-2;1-6-3-2-4-8-7(6)5-9(11-8)10(12)13/h3-6,12H,1-2H3;2-5,11H,1H3,(H,12,13). The van der Waals surface area contributed by atoms with Crippen LogP contribution in [-0.2, 0) is 4.74 Å². The number of H-pyrrole nitrogens is 2. The number of carboxylic acids is 1. The molecule has 3 N–H and O–H groups in total. The van der Waals surface area contributed by atoms with Gasteiger partial charge in [-0.3, -0.25) is 0 Å². The van der Waals surface area contributed by atoms with Crippen LogP contribution >= 0.6 is 0 Å². The fourth-order valence-electron chi connectivity index (χ4n) is 2.95. The molecule has 2 aromatic heterocycles. The third-order valence-corrected chi connectivity index (χ3v) is 4.40. The van der Waals surface area contributed by atoms with Gasteiger partial charge < -0.3 is 19.8 Å². The second-order valence-electron chi connectivity index (χ2n) is 6.24. The van der Waals surface area contributed by atoms with Gasteiger partial charge >= 0.3 is 11.9 Å². The summed E-state index contributed by atoms with van der Waals surface area (Å²) < 4.78 is 4.64. The Labute approximate surface area is 155 Å². The van der Waals surface area contributed by atoms with Crippen LogP contribution in [-0.4, -0.2) is 34.1 Å². The number of hydrogen-bond donors (Lipinski definition) is 3. The first kappa shape index (κ1) is 18.3. The molecule has 0 spiro atoms. The Kier molecular flexibility index (Phi) is 4.98. The number of benzene rings is 2. The molecular formula is C21H20N2O4. The zero-order chi connectivity index (χ0) is 19.6. The summed E-state index contributed by atoms with van der Waals surface area (Å²) in [5.41, 5.74) is 4.80. The van der Waals surface area contributed by atoms with Gasteiger partial charge in [0, 0.05) is 21.8 Å². The molecule has 0 aliphatic rings. The van der Waals surface area contributed by atoms with Gasteiger partial charge in [-0.2, -0.15) is 0 Å². The topological polar surface area (TPSA) is 95.2 Å². The highest BCUT2D eigenvalue weighted by molar-refractivity contribution is 5.96. The smallest absolute Gasteiger partial charge is 0.354 e. The van der Waals surface area contributed by atoms with Crippen molar-refractivity contribution in [1.29, 1.82) is 0 Å². The fraction of sp³-hybridized carbons (Fsp3) is 0.143. The minimum atomic E-state index is -0.921. The van der Waals surface area contributed by atoms with Gasteiger partial charge in [0.25, 0.3) is 0 Å². The van der Waals surface area contributed by atoms with Gasteiger partial charge in [-0.1, -0.05) is 24.3 Å². The molecule has 0 aliphatic carbocycles. The number of aromatic nitrogens is 2. The number of esters is 1. The first-order chi connectivity index (χ1) is 12.9. The molecule has 6 heteroatoms. The molecule has 2 aromatic carbocycles. The number of fused-ring (bicyclic) bond motifs is 2. The van der Waals surface area contributed by atoms with Gasteiger partial charge in [0.1, 0.15) is 11.4 Å². The molecule has 4 rings (SSSR count). The van der Waals surface area contributed by atoms with Crippen LogP contribution in [0.4, 0.5) is 0 Å². The van der Waals surface area contributed by atoms with Crippen molar-refractivity contribution in [1.82, 2.24) is 9.97 Å². The molecule has 0 saturated carbocycles. The van der Waals surface area contributed by atoms with Crippen molar-refractivity contribution in [3.05, 3.63) is 71.0 Å². The van der Waals surface area contributed by atoms with Crippen molar-refractivity contribution >= 4 is 33.7 Å². The lowest BCUT2D eigenvalue weighted by atomic mass is 10.1. The molecule has 6 nitrogen and oxygen atoms in total. The van der Waals surface area contributed by atoms with Crippen LogP contribution in [0.3, 0.4) is 0 Å². The van der Waals surface area contributed by atoms with Crippen LogP contribution in [0.25, 0.3) is 21.8 Å². The van der Waals surface area contributed by atoms with Gasteiger partial charge in [-0.25, -0.2) is 9.59 Å². The van der Waals surface area contributed by atoms with E-state index in [4.69, 9.17) is 5.11 Å². The predicted octanol–water partition coefficient (Wildman–Crippen LogP) is 4.44. The number of ether oxygens (including phenoxy) is 1. The highest BCUT2D eigenvalue weighted by atomic mass is 16.5. The van der Waals surface area contributed by atoms with Crippen molar-refractivity contribution in [2.24, 2.45) is 0 Å². The number of nitrogens with one attached hydrogen (secondary N) is 2. The third kappa shape index (κ3) is 3.69. The van der Waals surface area contributed by atoms with Crippen molar-refractivity contribution < 1.29 is 19.4 Å². The largest absolute Gasteiger partial charge is 0.477 e. The van der Waals surface area contributed by atoms with Crippen molar-refractivity contribution in [2.75, 3.05) is 7.11 Å². The quantitative estimate of drug-likeness (QED) is 0.458. The first-order valence-corrected chi connectivity index (χ1v) is 8.39. The van der Waals surface area contributed by atoms with Crippen LogP contribution in [0.5, 0.6) is 0 Å². The van der Waals surface area contributed by atoms with Crippen LogP contribution in [0.15, 0.2) is 48.5 Å². The van der Waals surface area contributed by atoms with Gasteiger partial charge in [-0.15, -0.1) is 0 Å². The Balaban J connectivity index is 0.000000156. The molecule has 0 amide bonds. The maximum absolute atomic E-state index is 11.2. The molecule has 0 saturated heterocycles. The lowest BCUT2D eigenvalue weighted by Gasteiger charge is -1.92. The summed E-state index contributed by atoms with van der Waals surface area (Å²) in [6.45, 7) is 3.97. The summed E-state index contributed by atoms with van der Waals surface area (Å²) in [6, 6.07) is 15.1. The fourth-order valence-corrected chi connectivity index (χ4v) is 2.95. The van der Waals surface area contributed by atoms with Gasteiger partial charge in [0.15, 0.2) is 0 Å². The second kappa shape index (κ2) is 7.37. The Morgan fingerprint density at radius 3 is 1.78 bits per heavy atom. The van der Waals surface area contributed by atoms with E-state index in [0.29, 0.717) is 5.69 Å². The number of carbonyl (C=O) groups is 2. The molecule has 0 unspecified atom stereocenters. The number of rotatable bonds is 2. The highest BCUT2D eigenvalue weighted by Crippen LogP contribution is 2.20. The molecular weight excluding hydrogens is 344 g/mol. The average molecular weight is 364 g/mol. The number of carboxylic acid groups (broad SMARTS) is 1. The third-order valence-electron chi connectivity index (χ3n) is 4.40. The SMILES string of the molecule is COC(=O)c1cc2c(C)cccc2[nH]1.Cc1cccc2[nH]c(C(=O)O)cc12. The maximum atomic E-state index is 11.2. The van der Waals surface area contributed by atoms with Crippen molar-refractivity contribution in [3.63, 3.8) is 0 Å². The second-order valence-corrected chi connectivity index (χ2v) is 6.24. The number of carbonyl (C=O) groups excluding carboxylic acids is 1. The van der Waals surface area contributed by atoms with Crippen LogP contribution in [0, 0.1) is 13.8 Å². The molecule has 27 heavy (non-hydrogen) atoms.